The van der Waals surface area contributed by atoms with Crippen molar-refractivity contribution in [2.45, 2.75) is 37.8 Å². The summed E-state index contributed by atoms with van der Waals surface area (Å²) in [6, 6.07) is 3.29. The van der Waals surface area contributed by atoms with Crippen molar-refractivity contribution in [3.05, 3.63) is 18.5 Å². The van der Waals surface area contributed by atoms with Crippen molar-refractivity contribution in [2.24, 2.45) is 0 Å². The van der Waals surface area contributed by atoms with Crippen LogP contribution in [0.2, 0.25) is 0 Å². The zero-order valence-corrected chi connectivity index (χ0v) is 9.45. The van der Waals surface area contributed by atoms with E-state index in [-0.39, 0.29) is 18.0 Å². The molecule has 0 amide bonds. The first-order valence-electron chi connectivity index (χ1n) is 5.96. The van der Waals surface area contributed by atoms with Gasteiger partial charge in [-0.05, 0) is 18.9 Å². The van der Waals surface area contributed by atoms with E-state index in [1.165, 1.54) is 6.07 Å². The Morgan fingerprint density at radius 3 is 2.88 bits per heavy atom. The predicted molar refractivity (Wildman–Crippen MR) is 62.7 cm³/mol. The molecule has 0 spiro atoms. The van der Waals surface area contributed by atoms with Crippen molar-refractivity contribution in [3.8, 4) is 5.88 Å². The number of aromatic hydroxyl groups is 1. The summed E-state index contributed by atoms with van der Waals surface area (Å²) in [5, 5.41) is 19.5. The average Bonchev–Trinajstić information content (AvgIpc) is 2.72. The van der Waals surface area contributed by atoms with E-state index in [0.29, 0.717) is 5.65 Å². The van der Waals surface area contributed by atoms with Gasteiger partial charge in [0.2, 0.25) is 5.88 Å². The molecule has 1 saturated carbocycles. The van der Waals surface area contributed by atoms with Gasteiger partial charge in [-0.25, -0.2) is 4.98 Å². The number of aliphatic hydroxyl groups excluding tert-OH is 1. The summed E-state index contributed by atoms with van der Waals surface area (Å²) < 4.78 is 1.89. The van der Waals surface area contributed by atoms with Gasteiger partial charge in [-0.3, -0.25) is 0 Å². The van der Waals surface area contributed by atoms with E-state index in [1.807, 2.05) is 4.57 Å². The van der Waals surface area contributed by atoms with Crippen molar-refractivity contribution in [2.75, 3.05) is 0 Å². The Balaban J connectivity index is 2.07. The number of fused-ring (bicyclic) bond motifs is 1. The third-order valence-electron chi connectivity index (χ3n) is 3.46. The summed E-state index contributed by atoms with van der Waals surface area (Å²) in [5.41, 5.74) is 1.40. The Morgan fingerprint density at radius 1 is 1.24 bits per heavy atom. The Labute approximate surface area is 98.7 Å². The van der Waals surface area contributed by atoms with Crippen molar-refractivity contribution in [1.29, 1.82) is 0 Å². The second kappa shape index (κ2) is 4.00. The zero-order chi connectivity index (χ0) is 11.8. The van der Waals surface area contributed by atoms with Crippen LogP contribution >= 0.6 is 0 Å². The minimum atomic E-state index is -0.342. The molecule has 2 aromatic rings. The molecule has 3 rings (SSSR count). The molecule has 2 atom stereocenters. The molecule has 2 aromatic heterocycles. The molecule has 0 radical (unpaired) electrons. The van der Waals surface area contributed by atoms with E-state index in [9.17, 15) is 10.2 Å². The molecular weight excluding hydrogens is 218 g/mol. The lowest BCUT2D eigenvalue weighted by Gasteiger charge is -2.28. The SMILES string of the molecule is Oc1ccc2ncn(C3CCCCC3O)c2n1. The Hall–Kier alpha value is -1.62. The van der Waals surface area contributed by atoms with Crippen LogP contribution in [-0.2, 0) is 0 Å². The minimum Gasteiger partial charge on any atom is -0.493 e. The maximum absolute atomic E-state index is 10.0. The Kier molecular flexibility index (Phi) is 2.48. The summed E-state index contributed by atoms with van der Waals surface area (Å²) in [6.45, 7) is 0. The van der Waals surface area contributed by atoms with Crippen LogP contribution in [0.5, 0.6) is 5.88 Å². The Morgan fingerprint density at radius 2 is 2.06 bits per heavy atom. The first-order valence-corrected chi connectivity index (χ1v) is 5.96. The third-order valence-corrected chi connectivity index (χ3v) is 3.46. The van der Waals surface area contributed by atoms with Crippen LogP contribution in [0, 0.1) is 0 Å². The Bertz CT molecular complexity index is 538. The van der Waals surface area contributed by atoms with E-state index in [2.05, 4.69) is 9.97 Å². The molecule has 2 unspecified atom stereocenters. The quantitative estimate of drug-likeness (QED) is 0.785. The molecule has 0 bridgehead atoms. The molecule has 1 aliphatic carbocycles. The van der Waals surface area contributed by atoms with Crippen molar-refractivity contribution < 1.29 is 10.2 Å². The van der Waals surface area contributed by atoms with E-state index in [4.69, 9.17) is 0 Å². The van der Waals surface area contributed by atoms with Gasteiger partial charge in [-0.15, -0.1) is 0 Å². The highest BCUT2D eigenvalue weighted by Gasteiger charge is 2.26. The molecule has 90 valence electrons. The number of hydrogen-bond donors (Lipinski definition) is 2. The van der Waals surface area contributed by atoms with E-state index in [0.717, 1.165) is 31.2 Å². The van der Waals surface area contributed by atoms with Gasteiger partial charge < -0.3 is 14.8 Å². The van der Waals surface area contributed by atoms with Gasteiger partial charge in [-0.1, -0.05) is 12.8 Å². The molecule has 0 aromatic carbocycles. The molecule has 5 nitrogen and oxygen atoms in total. The van der Waals surface area contributed by atoms with E-state index in [1.54, 1.807) is 12.4 Å². The summed E-state index contributed by atoms with van der Waals surface area (Å²) >= 11 is 0. The summed E-state index contributed by atoms with van der Waals surface area (Å²) in [7, 11) is 0. The lowest BCUT2D eigenvalue weighted by atomic mass is 9.92. The van der Waals surface area contributed by atoms with Gasteiger partial charge >= 0.3 is 0 Å². The molecule has 2 N–H and O–H groups in total. The molecule has 0 saturated heterocycles. The molecular formula is C12H15N3O2. The lowest BCUT2D eigenvalue weighted by molar-refractivity contribution is 0.0770. The van der Waals surface area contributed by atoms with Crippen LogP contribution in [0.4, 0.5) is 0 Å². The van der Waals surface area contributed by atoms with Gasteiger partial charge in [0, 0.05) is 6.07 Å². The number of pyridine rings is 1. The zero-order valence-electron chi connectivity index (χ0n) is 9.45. The van der Waals surface area contributed by atoms with Crippen LogP contribution in [0.25, 0.3) is 11.2 Å². The maximum Gasteiger partial charge on any atom is 0.212 e. The van der Waals surface area contributed by atoms with Crippen LogP contribution in [0.15, 0.2) is 18.5 Å². The number of aromatic nitrogens is 3. The van der Waals surface area contributed by atoms with Crippen LogP contribution < -0.4 is 0 Å². The summed E-state index contributed by atoms with van der Waals surface area (Å²) in [4.78, 5) is 8.34. The third kappa shape index (κ3) is 1.76. The summed E-state index contributed by atoms with van der Waals surface area (Å²) in [6.07, 6.45) is 5.30. The topological polar surface area (TPSA) is 71.2 Å². The van der Waals surface area contributed by atoms with Crippen molar-refractivity contribution in [3.63, 3.8) is 0 Å². The number of hydrogen-bond acceptors (Lipinski definition) is 4. The van der Waals surface area contributed by atoms with Crippen LogP contribution in [-0.4, -0.2) is 30.9 Å². The fraction of sp³-hybridized carbons (Fsp3) is 0.500. The molecule has 0 aliphatic heterocycles. The fourth-order valence-corrected chi connectivity index (χ4v) is 2.56. The number of rotatable bonds is 1. The first kappa shape index (κ1) is 10.5. The highest BCUT2D eigenvalue weighted by Crippen LogP contribution is 2.31. The fourth-order valence-electron chi connectivity index (χ4n) is 2.56. The summed E-state index contributed by atoms with van der Waals surface area (Å²) in [5.74, 6) is -0.00968. The number of imidazole rings is 1. The first-order chi connectivity index (χ1) is 8.25. The van der Waals surface area contributed by atoms with Crippen LogP contribution in [0.3, 0.4) is 0 Å². The molecule has 5 heteroatoms. The van der Waals surface area contributed by atoms with Crippen LogP contribution in [0.1, 0.15) is 31.7 Å². The van der Waals surface area contributed by atoms with Crippen molar-refractivity contribution in [1.82, 2.24) is 14.5 Å². The normalized spacial score (nSPS) is 25.2. The van der Waals surface area contributed by atoms with Gasteiger partial charge in [0.15, 0.2) is 5.65 Å². The van der Waals surface area contributed by atoms with E-state index >= 15 is 0 Å². The predicted octanol–water partition coefficient (Wildman–Crippen LogP) is 1.61. The van der Waals surface area contributed by atoms with Gasteiger partial charge in [0.05, 0.1) is 18.5 Å². The van der Waals surface area contributed by atoms with E-state index < -0.39 is 0 Å². The second-order valence-corrected chi connectivity index (χ2v) is 4.58. The monoisotopic (exact) mass is 233 g/mol. The van der Waals surface area contributed by atoms with Gasteiger partial charge in [-0.2, -0.15) is 4.98 Å². The van der Waals surface area contributed by atoms with Crippen molar-refractivity contribution >= 4 is 11.2 Å². The lowest BCUT2D eigenvalue weighted by Crippen LogP contribution is -2.27. The maximum atomic E-state index is 10.0. The highest BCUT2D eigenvalue weighted by atomic mass is 16.3. The largest absolute Gasteiger partial charge is 0.493 e. The smallest absolute Gasteiger partial charge is 0.212 e. The molecule has 1 fully saturated rings. The highest BCUT2D eigenvalue weighted by molar-refractivity contribution is 5.71. The number of aliphatic hydroxyl groups is 1. The average molecular weight is 233 g/mol. The molecule has 17 heavy (non-hydrogen) atoms. The molecule has 1 aliphatic rings. The molecule has 2 heterocycles. The number of nitrogens with zero attached hydrogens (tertiary/aromatic N) is 3. The van der Waals surface area contributed by atoms with Gasteiger partial charge in [0.1, 0.15) is 5.52 Å². The standard InChI is InChI=1S/C12H15N3O2/c16-10-4-2-1-3-9(10)15-7-13-8-5-6-11(17)14-12(8)15/h5-7,9-10,16H,1-4H2,(H,14,17). The minimum absolute atomic E-state index is 0.00968. The second-order valence-electron chi connectivity index (χ2n) is 4.58. The van der Waals surface area contributed by atoms with Gasteiger partial charge in [0.25, 0.3) is 0 Å².